The molecular weight excluding hydrogens is 348 g/mol. The molecule has 0 bridgehead atoms. The number of halogens is 6. The summed E-state index contributed by atoms with van der Waals surface area (Å²) in [5.41, 5.74) is 0.00859. The van der Waals surface area contributed by atoms with Gasteiger partial charge in [0.2, 0.25) is 0 Å². The Morgan fingerprint density at radius 2 is 1.42 bits per heavy atom. The second-order valence-corrected chi connectivity index (χ2v) is 4.26. The summed E-state index contributed by atoms with van der Waals surface area (Å²) in [6.07, 6.45) is -10.8. The molecule has 2 rings (SSSR count). The van der Waals surface area contributed by atoms with Gasteiger partial charge >= 0.3 is 24.3 Å². The molecule has 0 N–H and O–H groups in total. The Bertz CT molecular complexity index is 733. The van der Waals surface area contributed by atoms with Crippen molar-refractivity contribution in [2.24, 2.45) is 0 Å². The smallest absolute Gasteiger partial charge is 0.414 e. The molecule has 1 aromatic heterocycles. The van der Waals surface area contributed by atoms with Crippen LogP contribution in [0.25, 0.3) is 10.9 Å². The average molecular weight is 353 g/mol. The number of carbonyl (C=O) groups is 2. The zero-order valence-electron chi connectivity index (χ0n) is 11.2. The molecule has 1 heterocycles. The Morgan fingerprint density at radius 1 is 0.875 bits per heavy atom. The molecule has 128 valence electrons. The Morgan fingerprint density at radius 3 is 2.00 bits per heavy atom. The van der Waals surface area contributed by atoms with Gasteiger partial charge < -0.3 is 9.47 Å². The van der Waals surface area contributed by atoms with Gasteiger partial charge in [-0.1, -0.05) is 18.2 Å². The lowest BCUT2D eigenvalue weighted by atomic mass is 10.2. The van der Waals surface area contributed by atoms with Gasteiger partial charge in [0, 0.05) is 5.39 Å². The fourth-order valence-corrected chi connectivity index (χ4v) is 1.53. The molecule has 0 unspecified atom stereocenters. The predicted molar refractivity (Wildman–Crippen MR) is 65.1 cm³/mol. The maximum atomic E-state index is 12.2. The molecule has 0 aliphatic rings. The molecule has 0 saturated heterocycles. The first-order chi connectivity index (χ1) is 11.0. The van der Waals surface area contributed by atoms with E-state index in [1.807, 2.05) is 0 Å². The molecule has 5 nitrogen and oxygen atoms in total. The lowest BCUT2D eigenvalue weighted by molar-refractivity contribution is -0.192. The molecular formula is C13H5F6NO4. The number of hydrogen-bond acceptors (Lipinski definition) is 5. The Balaban J connectivity index is 2.48. The van der Waals surface area contributed by atoms with Crippen molar-refractivity contribution in [2.45, 2.75) is 12.4 Å². The summed E-state index contributed by atoms with van der Waals surface area (Å²) in [5.74, 6) is -7.72. The van der Waals surface area contributed by atoms with Gasteiger partial charge in [0.05, 0.1) is 5.52 Å². The number of esters is 2. The van der Waals surface area contributed by atoms with Crippen LogP contribution in [0.4, 0.5) is 26.3 Å². The number of rotatable bonds is 2. The van der Waals surface area contributed by atoms with Crippen molar-refractivity contribution in [2.75, 3.05) is 0 Å². The highest BCUT2D eigenvalue weighted by Crippen LogP contribution is 2.32. The molecule has 0 aliphatic heterocycles. The largest absolute Gasteiger partial charge is 0.491 e. The van der Waals surface area contributed by atoms with E-state index in [2.05, 4.69) is 14.5 Å². The first-order valence-corrected chi connectivity index (χ1v) is 5.96. The summed E-state index contributed by atoms with van der Waals surface area (Å²) < 4.78 is 81.3. The number of para-hydroxylation sites is 1. The number of fused-ring (bicyclic) bond motifs is 1. The first kappa shape index (κ1) is 17.5. The summed E-state index contributed by atoms with van der Waals surface area (Å²) in [4.78, 5) is 25.2. The van der Waals surface area contributed by atoms with E-state index in [1.165, 1.54) is 24.3 Å². The number of carbonyl (C=O) groups excluding carboxylic acids is 2. The van der Waals surface area contributed by atoms with Crippen LogP contribution < -0.4 is 9.47 Å². The molecule has 0 radical (unpaired) electrons. The zero-order chi connectivity index (χ0) is 18.1. The zero-order valence-corrected chi connectivity index (χ0v) is 11.2. The van der Waals surface area contributed by atoms with Gasteiger partial charge in [-0.3, -0.25) is 0 Å². The van der Waals surface area contributed by atoms with E-state index in [0.717, 1.165) is 6.07 Å². The quantitative estimate of drug-likeness (QED) is 0.613. The second kappa shape index (κ2) is 5.98. The van der Waals surface area contributed by atoms with Crippen LogP contribution in [0.1, 0.15) is 0 Å². The normalized spacial score (nSPS) is 12.1. The standard InChI is InChI=1S/C13H5F6NO4/c14-12(15,16)10(21)23-8-5-6-3-1-2-4-7(6)20-9(8)24-11(22)13(17,18)19/h1-5H. The van der Waals surface area contributed by atoms with Crippen LogP contribution in [0, 0.1) is 0 Å². The van der Waals surface area contributed by atoms with Gasteiger partial charge in [0.1, 0.15) is 0 Å². The van der Waals surface area contributed by atoms with E-state index in [9.17, 15) is 35.9 Å². The lowest BCUT2D eigenvalue weighted by Crippen LogP contribution is -2.30. The highest BCUT2D eigenvalue weighted by molar-refractivity contribution is 5.85. The Labute approximate surface area is 128 Å². The van der Waals surface area contributed by atoms with Crippen LogP contribution in [-0.2, 0) is 9.59 Å². The van der Waals surface area contributed by atoms with Gasteiger partial charge in [-0.15, -0.1) is 0 Å². The second-order valence-electron chi connectivity index (χ2n) is 4.26. The first-order valence-electron chi connectivity index (χ1n) is 5.96. The van der Waals surface area contributed by atoms with Crippen LogP contribution in [-0.4, -0.2) is 29.3 Å². The third kappa shape index (κ3) is 3.91. The third-order valence-corrected chi connectivity index (χ3v) is 2.51. The number of nitrogens with zero attached hydrogens (tertiary/aromatic N) is 1. The topological polar surface area (TPSA) is 65.5 Å². The van der Waals surface area contributed by atoms with Crippen LogP contribution >= 0.6 is 0 Å². The molecule has 24 heavy (non-hydrogen) atoms. The molecule has 0 aliphatic carbocycles. The predicted octanol–water partition coefficient (Wildman–Crippen LogP) is 3.17. The molecule has 1 aromatic carbocycles. The van der Waals surface area contributed by atoms with Crippen molar-refractivity contribution in [3.05, 3.63) is 30.3 Å². The van der Waals surface area contributed by atoms with E-state index in [1.54, 1.807) is 0 Å². The van der Waals surface area contributed by atoms with Gasteiger partial charge in [-0.05, 0) is 12.1 Å². The number of benzene rings is 1. The van der Waals surface area contributed by atoms with E-state index in [-0.39, 0.29) is 10.9 Å². The van der Waals surface area contributed by atoms with Gasteiger partial charge in [0.15, 0.2) is 5.75 Å². The summed E-state index contributed by atoms with van der Waals surface area (Å²) in [6.45, 7) is 0. The summed E-state index contributed by atoms with van der Waals surface area (Å²) in [7, 11) is 0. The number of pyridine rings is 1. The number of alkyl halides is 6. The molecule has 0 saturated carbocycles. The Hall–Kier alpha value is -2.85. The SMILES string of the molecule is O=C(Oc1cc2ccccc2nc1OC(=O)C(F)(F)F)C(F)(F)F. The van der Waals surface area contributed by atoms with E-state index in [4.69, 9.17) is 0 Å². The lowest BCUT2D eigenvalue weighted by Gasteiger charge is -2.12. The van der Waals surface area contributed by atoms with Crippen molar-refractivity contribution in [1.82, 2.24) is 4.98 Å². The van der Waals surface area contributed by atoms with Crippen molar-refractivity contribution in [3.8, 4) is 11.6 Å². The highest BCUT2D eigenvalue weighted by Gasteiger charge is 2.44. The molecule has 11 heteroatoms. The fourth-order valence-electron chi connectivity index (χ4n) is 1.53. The summed E-state index contributed by atoms with van der Waals surface area (Å²) in [6, 6.07) is 6.34. The van der Waals surface area contributed by atoms with Crippen LogP contribution in [0.5, 0.6) is 11.6 Å². The average Bonchev–Trinajstić information content (AvgIpc) is 2.45. The minimum absolute atomic E-state index is 0.00859. The monoisotopic (exact) mass is 353 g/mol. The summed E-state index contributed by atoms with van der Waals surface area (Å²) in [5, 5.41) is 0.147. The van der Waals surface area contributed by atoms with E-state index in [0.29, 0.717) is 0 Å². The van der Waals surface area contributed by atoms with Gasteiger partial charge in [-0.25, -0.2) is 14.6 Å². The van der Waals surface area contributed by atoms with Crippen LogP contribution in [0.3, 0.4) is 0 Å². The van der Waals surface area contributed by atoms with Crippen LogP contribution in [0.2, 0.25) is 0 Å². The number of ether oxygens (including phenoxy) is 2. The minimum Gasteiger partial charge on any atom is -0.414 e. The molecule has 0 spiro atoms. The van der Waals surface area contributed by atoms with Gasteiger partial charge in [-0.2, -0.15) is 26.3 Å². The number of aromatic nitrogens is 1. The van der Waals surface area contributed by atoms with Crippen molar-refractivity contribution < 1.29 is 45.4 Å². The van der Waals surface area contributed by atoms with Crippen molar-refractivity contribution >= 4 is 22.8 Å². The van der Waals surface area contributed by atoms with E-state index < -0.39 is 35.9 Å². The number of hydrogen-bond donors (Lipinski definition) is 0. The highest BCUT2D eigenvalue weighted by atomic mass is 19.4. The third-order valence-electron chi connectivity index (χ3n) is 2.51. The minimum atomic E-state index is -5.42. The molecule has 2 aromatic rings. The van der Waals surface area contributed by atoms with Gasteiger partial charge in [0.25, 0.3) is 5.88 Å². The molecule has 0 atom stereocenters. The van der Waals surface area contributed by atoms with E-state index >= 15 is 0 Å². The Kier molecular flexibility index (Phi) is 4.36. The maximum absolute atomic E-state index is 12.2. The van der Waals surface area contributed by atoms with Crippen molar-refractivity contribution in [1.29, 1.82) is 0 Å². The van der Waals surface area contributed by atoms with Crippen LogP contribution in [0.15, 0.2) is 30.3 Å². The fraction of sp³-hybridized carbons (Fsp3) is 0.154. The molecule has 0 fully saturated rings. The summed E-state index contributed by atoms with van der Waals surface area (Å²) >= 11 is 0. The van der Waals surface area contributed by atoms with Crippen molar-refractivity contribution in [3.63, 3.8) is 0 Å². The molecule has 0 amide bonds. The maximum Gasteiger partial charge on any atom is 0.491 e.